The predicted molar refractivity (Wildman–Crippen MR) is 115 cm³/mol. The first-order chi connectivity index (χ1) is 14.2. The van der Waals surface area contributed by atoms with Gasteiger partial charge in [0.2, 0.25) is 0 Å². The first-order valence-corrected chi connectivity index (χ1v) is 10.0. The molecule has 3 aromatic rings. The standard InChI is InChI=1S/C23H26N4O3/c1-13-8-9-24-21(25-13)17-11-16(17)19-12-20(29-5)15-7-6-14(10-18(15)27-19)26-22(28)30-23(2,3)4/h6-10,12,16-17H,11H2,1-5H3,(H,26,28)/t16-,17-/m0/s1. The normalized spacial score (nSPS) is 18.2. The second-order valence-electron chi connectivity index (χ2n) is 8.61. The van der Waals surface area contributed by atoms with Crippen molar-refractivity contribution in [2.75, 3.05) is 12.4 Å². The topological polar surface area (TPSA) is 86.2 Å². The van der Waals surface area contributed by atoms with Gasteiger partial charge in [0, 0.05) is 46.6 Å². The first-order valence-electron chi connectivity index (χ1n) is 10.0. The van der Waals surface area contributed by atoms with Gasteiger partial charge in [-0.05, 0) is 58.4 Å². The van der Waals surface area contributed by atoms with Gasteiger partial charge in [-0.15, -0.1) is 0 Å². The van der Waals surface area contributed by atoms with E-state index < -0.39 is 11.7 Å². The van der Waals surface area contributed by atoms with E-state index in [1.54, 1.807) is 13.3 Å². The van der Waals surface area contributed by atoms with Gasteiger partial charge in [0.15, 0.2) is 0 Å². The monoisotopic (exact) mass is 406 g/mol. The Morgan fingerprint density at radius 1 is 1.13 bits per heavy atom. The van der Waals surface area contributed by atoms with Crippen LogP contribution in [0.15, 0.2) is 36.5 Å². The number of nitrogens with one attached hydrogen (secondary N) is 1. The lowest BCUT2D eigenvalue weighted by atomic mass is 10.1. The van der Waals surface area contributed by atoms with Crippen LogP contribution in [-0.2, 0) is 4.74 Å². The molecular formula is C23H26N4O3. The molecule has 1 aromatic carbocycles. The number of hydrogen-bond donors (Lipinski definition) is 1. The van der Waals surface area contributed by atoms with Gasteiger partial charge in [-0.25, -0.2) is 14.8 Å². The number of nitrogens with zero attached hydrogens (tertiary/aromatic N) is 3. The number of methoxy groups -OCH3 is 1. The van der Waals surface area contributed by atoms with Crippen LogP contribution in [0.4, 0.5) is 10.5 Å². The molecule has 2 aromatic heterocycles. The zero-order valence-electron chi connectivity index (χ0n) is 17.9. The van der Waals surface area contributed by atoms with Gasteiger partial charge < -0.3 is 9.47 Å². The van der Waals surface area contributed by atoms with Crippen LogP contribution in [0.5, 0.6) is 5.75 Å². The number of benzene rings is 1. The lowest BCUT2D eigenvalue weighted by Gasteiger charge is -2.19. The van der Waals surface area contributed by atoms with Crippen LogP contribution in [-0.4, -0.2) is 33.8 Å². The summed E-state index contributed by atoms with van der Waals surface area (Å²) in [4.78, 5) is 26.0. The highest BCUT2D eigenvalue weighted by atomic mass is 16.6. The molecule has 2 heterocycles. The van der Waals surface area contributed by atoms with Crippen molar-refractivity contribution in [3.05, 3.63) is 53.7 Å². The van der Waals surface area contributed by atoms with Crippen LogP contribution in [0.3, 0.4) is 0 Å². The van der Waals surface area contributed by atoms with E-state index in [0.29, 0.717) is 5.69 Å². The Kier molecular flexibility index (Phi) is 5.05. The molecule has 2 atom stereocenters. The molecule has 1 saturated carbocycles. The summed E-state index contributed by atoms with van der Waals surface area (Å²) in [5.41, 5.74) is 2.73. The number of rotatable bonds is 4. The van der Waals surface area contributed by atoms with Crippen LogP contribution in [0.25, 0.3) is 10.9 Å². The van der Waals surface area contributed by atoms with Crippen molar-refractivity contribution in [3.8, 4) is 5.75 Å². The lowest BCUT2D eigenvalue weighted by molar-refractivity contribution is 0.0636. The molecule has 1 aliphatic carbocycles. The van der Waals surface area contributed by atoms with Crippen molar-refractivity contribution in [1.82, 2.24) is 15.0 Å². The number of carbonyl (C=O) groups excluding carboxylic acids is 1. The van der Waals surface area contributed by atoms with Crippen molar-refractivity contribution in [1.29, 1.82) is 0 Å². The molecule has 156 valence electrons. The Hall–Kier alpha value is -3.22. The zero-order valence-corrected chi connectivity index (χ0v) is 17.9. The summed E-state index contributed by atoms with van der Waals surface area (Å²) in [6.45, 7) is 7.46. The highest BCUT2D eigenvalue weighted by molar-refractivity contribution is 5.92. The Labute approximate surface area is 175 Å². The summed E-state index contributed by atoms with van der Waals surface area (Å²) in [6.07, 6.45) is 2.26. The number of carbonyl (C=O) groups is 1. The van der Waals surface area contributed by atoms with Crippen molar-refractivity contribution in [3.63, 3.8) is 0 Å². The second-order valence-corrected chi connectivity index (χ2v) is 8.61. The van der Waals surface area contributed by atoms with E-state index in [-0.39, 0.29) is 11.8 Å². The second kappa shape index (κ2) is 7.55. The number of amides is 1. The van der Waals surface area contributed by atoms with E-state index in [1.165, 1.54) is 0 Å². The molecule has 7 heteroatoms. The number of ether oxygens (including phenoxy) is 2. The van der Waals surface area contributed by atoms with Crippen LogP contribution in [0, 0.1) is 6.92 Å². The van der Waals surface area contributed by atoms with E-state index in [0.717, 1.165) is 40.3 Å². The van der Waals surface area contributed by atoms with Gasteiger partial charge >= 0.3 is 6.09 Å². The highest BCUT2D eigenvalue weighted by Crippen LogP contribution is 2.53. The maximum Gasteiger partial charge on any atom is 0.412 e. The average Bonchev–Trinajstić information content (AvgIpc) is 3.46. The van der Waals surface area contributed by atoms with Gasteiger partial charge in [-0.1, -0.05) is 0 Å². The Bertz CT molecular complexity index is 1110. The van der Waals surface area contributed by atoms with Gasteiger partial charge in [-0.2, -0.15) is 0 Å². The summed E-state index contributed by atoms with van der Waals surface area (Å²) in [6, 6.07) is 9.44. The van der Waals surface area contributed by atoms with Gasteiger partial charge in [0.25, 0.3) is 0 Å². The molecule has 4 rings (SSSR count). The summed E-state index contributed by atoms with van der Waals surface area (Å²) in [7, 11) is 1.65. The molecule has 0 saturated heterocycles. The number of anilines is 1. The molecule has 1 N–H and O–H groups in total. The quantitative estimate of drug-likeness (QED) is 0.659. The third kappa shape index (κ3) is 4.35. The Balaban J connectivity index is 1.61. The molecule has 1 fully saturated rings. The number of fused-ring (bicyclic) bond motifs is 1. The molecule has 30 heavy (non-hydrogen) atoms. The van der Waals surface area contributed by atoms with E-state index >= 15 is 0 Å². The third-order valence-electron chi connectivity index (χ3n) is 4.97. The van der Waals surface area contributed by atoms with Gasteiger partial charge in [-0.3, -0.25) is 10.3 Å². The number of hydrogen-bond acceptors (Lipinski definition) is 6. The molecule has 0 unspecified atom stereocenters. The van der Waals surface area contributed by atoms with Crippen LogP contribution in [0.1, 0.15) is 56.2 Å². The van der Waals surface area contributed by atoms with Gasteiger partial charge in [0.05, 0.1) is 12.6 Å². The number of aryl methyl sites for hydroxylation is 1. The molecule has 0 aliphatic heterocycles. The van der Waals surface area contributed by atoms with Crippen molar-refractivity contribution in [2.24, 2.45) is 0 Å². The summed E-state index contributed by atoms with van der Waals surface area (Å²) < 4.78 is 10.9. The zero-order chi connectivity index (χ0) is 21.5. The smallest absolute Gasteiger partial charge is 0.412 e. The highest BCUT2D eigenvalue weighted by Gasteiger charge is 2.43. The van der Waals surface area contributed by atoms with Crippen LogP contribution >= 0.6 is 0 Å². The number of pyridine rings is 1. The fourth-order valence-electron chi connectivity index (χ4n) is 3.53. The molecular weight excluding hydrogens is 380 g/mol. The predicted octanol–water partition coefficient (Wildman–Crippen LogP) is 4.96. The summed E-state index contributed by atoms with van der Waals surface area (Å²) >= 11 is 0. The van der Waals surface area contributed by atoms with Crippen molar-refractivity contribution < 1.29 is 14.3 Å². The largest absolute Gasteiger partial charge is 0.496 e. The molecule has 0 radical (unpaired) electrons. The maximum atomic E-state index is 12.1. The van der Waals surface area contributed by atoms with E-state index in [2.05, 4.69) is 15.3 Å². The van der Waals surface area contributed by atoms with Gasteiger partial charge in [0.1, 0.15) is 17.2 Å². The molecule has 7 nitrogen and oxygen atoms in total. The minimum absolute atomic E-state index is 0.257. The van der Waals surface area contributed by atoms with E-state index in [1.807, 2.05) is 58.0 Å². The lowest BCUT2D eigenvalue weighted by Crippen LogP contribution is -2.27. The first kappa shape index (κ1) is 20.1. The molecule has 1 aliphatic rings. The molecule has 1 amide bonds. The Morgan fingerprint density at radius 2 is 1.93 bits per heavy atom. The van der Waals surface area contributed by atoms with E-state index in [4.69, 9.17) is 14.5 Å². The fraction of sp³-hybridized carbons (Fsp3) is 0.391. The summed E-state index contributed by atoms with van der Waals surface area (Å²) in [5.74, 6) is 2.14. The average molecular weight is 406 g/mol. The summed E-state index contributed by atoms with van der Waals surface area (Å²) in [5, 5.41) is 3.66. The Morgan fingerprint density at radius 3 is 2.63 bits per heavy atom. The SMILES string of the molecule is COc1cc([C@H]2C[C@@H]2c2nccc(C)n2)nc2cc(NC(=O)OC(C)(C)C)ccc12. The van der Waals surface area contributed by atoms with E-state index in [9.17, 15) is 4.79 Å². The minimum atomic E-state index is -0.561. The maximum absolute atomic E-state index is 12.1. The van der Waals surface area contributed by atoms with Crippen LogP contribution < -0.4 is 10.1 Å². The fourth-order valence-corrected chi connectivity index (χ4v) is 3.53. The number of aromatic nitrogens is 3. The molecule has 0 spiro atoms. The molecule has 0 bridgehead atoms. The third-order valence-corrected chi connectivity index (χ3v) is 4.97. The van der Waals surface area contributed by atoms with Crippen LogP contribution in [0.2, 0.25) is 0 Å². The van der Waals surface area contributed by atoms with Crippen molar-refractivity contribution >= 4 is 22.7 Å². The minimum Gasteiger partial charge on any atom is -0.496 e. The van der Waals surface area contributed by atoms with Crippen molar-refractivity contribution in [2.45, 2.75) is 51.6 Å².